The summed E-state index contributed by atoms with van der Waals surface area (Å²) < 4.78 is 11.0. The van der Waals surface area contributed by atoms with Crippen LogP contribution in [0.3, 0.4) is 0 Å². The number of piperidine rings is 1. The molecule has 0 amide bonds. The van der Waals surface area contributed by atoms with E-state index in [1.807, 2.05) is 0 Å². The molecule has 2 aliphatic heterocycles. The fraction of sp³-hybridized carbons (Fsp3) is 1.00. The van der Waals surface area contributed by atoms with E-state index >= 15 is 0 Å². The highest BCUT2D eigenvalue weighted by Crippen LogP contribution is 2.40. The smallest absolute Gasteiger partial charge is 0.147 e. The number of nitrogens with zero attached hydrogens (tertiary/aromatic N) is 1. The maximum absolute atomic E-state index is 11.3. The maximum Gasteiger partial charge on any atom is 0.147 e. The minimum atomic E-state index is 0.266. The van der Waals surface area contributed by atoms with Crippen LogP contribution in [0, 0.1) is 17.0 Å². The van der Waals surface area contributed by atoms with Gasteiger partial charge in [-0.2, -0.15) is 0 Å². The topological polar surface area (TPSA) is 44.8 Å². The number of ether oxygens (including phenoxy) is 2. The van der Waals surface area contributed by atoms with Crippen molar-refractivity contribution in [2.24, 2.45) is 11.8 Å². The lowest BCUT2D eigenvalue weighted by atomic mass is 9.73. The van der Waals surface area contributed by atoms with Crippen molar-refractivity contribution in [1.29, 1.82) is 0 Å². The Bertz CT molecular complexity index is 223. The van der Waals surface area contributed by atoms with Crippen LogP contribution in [0.4, 0.5) is 0 Å². The van der Waals surface area contributed by atoms with Crippen LogP contribution in [0.2, 0.25) is 0 Å². The molecule has 0 aromatic carbocycles. The molecule has 2 saturated heterocycles. The molecule has 3 fully saturated rings. The van der Waals surface area contributed by atoms with Gasteiger partial charge in [-0.05, 0) is 44.2 Å². The predicted molar refractivity (Wildman–Crippen MR) is 50.4 cm³/mol. The maximum atomic E-state index is 11.3. The van der Waals surface area contributed by atoms with E-state index < -0.39 is 0 Å². The highest BCUT2D eigenvalue weighted by Gasteiger charge is 2.42. The Kier molecular flexibility index (Phi) is 2.24. The molecule has 0 aromatic heterocycles. The Morgan fingerprint density at radius 2 is 1.79 bits per heavy atom. The summed E-state index contributed by atoms with van der Waals surface area (Å²) in [5.41, 5.74) is 0. The van der Waals surface area contributed by atoms with E-state index in [1.54, 1.807) is 0 Å². The molecule has 14 heavy (non-hydrogen) atoms. The van der Waals surface area contributed by atoms with E-state index in [9.17, 15) is 5.21 Å². The second-order valence-electron chi connectivity index (χ2n) is 4.70. The molecule has 0 aromatic rings. The molecule has 4 nitrogen and oxygen atoms in total. The van der Waals surface area contributed by atoms with Crippen molar-refractivity contribution in [1.82, 2.24) is 5.06 Å². The highest BCUT2D eigenvalue weighted by atomic mass is 16.7. The minimum absolute atomic E-state index is 0.266. The molecule has 3 aliphatic rings. The first kappa shape index (κ1) is 9.09. The van der Waals surface area contributed by atoms with Crippen LogP contribution >= 0.6 is 0 Å². The van der Waals surface area contributed by atoms with E-state index in [4.69, 9.17) is 9.47 Å². The predicted octanol–water partition coefficient (Wildman–Crippen LogP) is 0.958. The molecule has 80 valence electrons. The summed E-state index contributed by atoms with van der Waals surface area (Å²) >= 11 is 0. The number of hydrogen-bond donors (Lipinski definition) is 0. The average molecular weight is 198 g/mol. The second-order valence-corrected chi connectivity index (χ2v) is 4.70. The Labute approximate surface area is 83.7 Å². The molecule has 1 saturated carbocycles. The van der Waals surface area contributed by atoms with Gasteiger partial charge in [-0.15, -0.1) is 0 Å². The van der Waals surface area contributed by atoms with Crippen LogP contribution in [-0.2, 0) is 9.47 Å². The molecule has 4 heteroatoms. The summed E-state index contributed by atoms with van der Waals surface area (Å²) in [5, 5.41) is 12.5. The third-order valence-electron chi connectivity index (χ3n) is 3.90. The van der Waals surface area contributed by atoms with Gasteiger partial charge in [-0.1, -0.05) is 0 Å². The first-order valence-corrected chi connectivity index (χ1v) is 5.48. The van der Waals surface area contributed by atoms with E-state index in [-0.39, 0.29) is 6.10 Å². The molecule has 0 bridgehead atoms. The minimum Gasteiger partial charge on any atom is -0.785 e. The summed E-state index contributed by atoms with van der Waals surface area (Å²) in [4.78, 5) is 0. The van der Waals surface area contributed by atoms with E-state index in [0.29, 0.717) is 37.8 Å². The zero-order chi connectivity index (χ0) is 9.54. The monoisotopic (exact) mass is 198 g/mol. The summed E-state index contributed by atoms with van der Waals surface area (Å²) in [6, 6.07) is 0. The van der Waals surface area contributed by atoms with Crippen molar-refractivity contribution < 1.29 is 9.47 Å². The summed E-state index contributed by atoms with van der Waals surface area (Å²) in [6.45, 7) is 1.87. The lowest BCUT2D eigenvalue weighted by molar-refractivity contribution is 0.0106. The quantitative estimate of drug-likeness (QED) is 0.581. The first-order chi connectivity index (χ1) is 6.83. The van der Waals surface area contributed by atoms with Crippen molar-refractivity contribution in [3.05, 3.63) is 5.21 Å². The van der Waals surface area contributed by atoms with Crippen molar-refractivity contribution in [2.45, 2.75) is 31.5 Å². The lowest BCUT2D eigenvalue weighted by Gasteiger charge is -2.46. The Morgan fingerprint density at radius 1 is 1.07 bits per heavy atom. The zero-order valence-corrected chi connectivity index (χ0v) is 8.22. The number of fused-ring (bicyclic) bond motifs is 2. The number of hydrogen-bond acceptors (Lipinski definition) is 4. The van der Waals surface area contributed by atoms with Crippen LogP contribution < -0.4 is 0 Å². The summed E-state index contributed by atoms with van der Waals surface area (Å²) in [5.74, 6) is 1.24. The van der Waals surface area contributed by atoms with Gasteiger partial charge in [0.05, 0.1) is 12.2 Å². The molecule has 0 spiro atoms. The third-order valence-corrected chi connectivity index (χ3v) is 3.90. The van der Waals surface area contributed by atoms with Gasteiger partial charge >= 0.3 is 0 Å². The number of rotatable bonds is 0. The molecule has 1 aliphatic carbocycles. The van der Waals surface area contributed by atoms with Crippen LogP contribution in [0.15, 0.2) is 0 Å². The van der Waals surface area contributed by atoms with E-state index in [0.717, 1.165) is 19.3 Å². The van der Waals surface area contributed by atoms with Crippen LogP contribution in [0.25, 0.3) is 0 Å². The molecule has 3 rings (SSSR count). The van der Waals surface area contributed by atoms with Gasteiger partial charge in [0.25, 0.3) is 0 Å². The highest BCUT2D eigenvalue weighted by molar-refractivity contribution is 4.92. The Balaban J connectivity index is 1.70. The van der Waals surface area contributed by atoms with Crippen molar-refractivity contribution in [3.63, 3.8) is 0 Å². The number of hydroxylamine groups is 2. The lowest BCUT2D eigenvalue weighted by Crippen LogP contribution is -2.45. The van der Waals surface area contributed by atoms with Crippen molar-refractivity contribution in [2.75, 3.05) is 19.9 Å². The van der Waals surface area contributed by atoms with Crippen LogP contribution in [-0.4, -0.2) is 37.2 Å². The average Bonchev–Trinajstić information content (AvgIpc) is 2.61. The third kappa shape index (κ3) is 1.46. The van der Waals surface area contributed by atoms with Gasteiger partial charge in [0.2, 0.25) is 0 Å². The normalized spacial score (nSPS) is 48.6. The van der Waals surface area contributed by atoms with Gasteiger partial charge in [-0.3, -0.25) is 0 Å². The summed E-state index contributed by atoms with van der Waals surface area (Å²) in [6.07, 6.45) is 3.75. The van der Waals surface area contributed by atoms with Gasteiger partial charge in [-0.25, -0.2) is 0 Å². The van der Waals surface area contributed by atoms with Gasteiger partial charge in [0.1, 0.15) is 6.79 Å². The zero-order valence-electron chi connectivity index (χ0n) is 8.22. The molecule has 0 N–H and O–H groups in total. The van der Waals surface area contributed by atoms with Crippen molar-refractivity contribution in [3.8, 4) is 0 Å². The van der Waals surface area contributed by atoms with Crippen molar-refractivity contribution >= 4 is 0 Å². The molecule has 0 radical (unpaired) electrons. The SMILES string of the molecule is [O-]N1CCC2CC3OCOC3CC2C1. The van der Waals surface area contributed by atoms with Gasteiger partial charge in [0.15, 0.2) is 0 Å². The standard InChI is InChI=1S/C10H16NO3/c12-11-2-1-7-3-9-10(14-6-13-9)4-8(7)5-11/h7-10H,1-6H2/q-1. The van der Waals surface area contributed by atoms with Crippen LogP contribution in [0.1, 0.15) is 19.3 Å². The first-order valence-electron chi connectivity index (χ1n) is 5.48. The van der Waals surface area contributed by atoms with Gasteiger partial charge in [0, 0.05) is 0 Å². The Hall–Kier alpha value is -0.160. The molecule has 4 unspecified atom stereocenters. The van der Waals surface area contributed by atoms with Gasteiger partial charge < -0.3 is 19.7 Å². The molecular formula is C10H16NO3-. The fourth-order valence-electron chi connectivity index (χ4n) is 3.09. The Morgan fingerprint density at radius 3 is 2.57 bits per heavy atom. The molecule has 2 heterocycles. The molecular weight excluding hydrogens is 182 g/mol. The largest absolute Gasteiger partial charge is 0.785 e. The van der Waals surface area contributed by atoms with E-state index in [2.05, 4.69) is 0 Å². The fourth-order valence-corrected chi connectivity index (χ4v) is 3.09. The molecule has 4 atom stereocenters. The second kappa shape index (κ2) is 3.45. The van der Waals surface area contributed by atoms with E-state index in [1.165, 1.54) is 5.06 Å². The summed E-state index contributed by atoms with van der Waals surface area (Å²) in [7, 11) is 0. The van der Waals surface area contributed by atoms with Crippen LogP contribution in [0.5, 0.6) is 0 Å².